The Kier molecular flexibility index (Phi) is 4.21. The number of nitrogens with zero attached hydrogens (tertiary/aromatic N) is 2. The van der Waals surface area contributed by atoms with Crippen molar-refractivity contribution in [3.05, 3.63) is 24.0 Å². The largest absolute Gasteiger partial charge is 0.428 e. The highest BCUT2D eigenvalue weighted by molar-refractivity contribution is 7.99. The second-order valence-corrected chi connectivity index (χ2v) is 6.20. The number of halogens is 1. The Labute approximate surface area is 127 Å². The average molecular weight is 311 g/mol. The number of thioether (sulfide) groups is 1. The van der Waals surface area contributed by atoms with Crippen molar-refractivity contribution in [1.82, 2.24) is 5.32 Å². The van der Waals surface area contributed by atoms with E-state index in [9.17, 15) is 9.18 Å². The lowest BCUT2D eigenvalue weighted by Gasteiger charge is -2.32. The van der Waals surface area contributed by atoms with E-state index in [1.165, 1.54) is 11.0 Å². The summed E-state index contributed by atoms with van der Waals surface area (Å²) in [6.45, 7) is 1.96. The molecule has 5 nitrogen and oxygen atoms in total. The molecule has 0 radical (unpaired) electrons. The van der Waals surface area contributed by atoms with Crippen LogP contribution in [0, 0.1) is 5.82 Å². The lowest BCUT2D eigenvalue weighted by molar-refractivity contribution is 0.128. The van der Waals surface area contributed by atoms with Crippen LogP contribution < -0.4 is 15.1 Å². The van der Waals surface area contributed by atoms with Crippen LogP contribution >= 0.6 is 11.8 Å². The third kappa shape index (κ3) is 2.80. The topological polar surface area (TPSA) is 44.8 Å². The zero-order valence-corrected chi connectivity index (χ0v) is 12.7. The third-order valence-corrected chi connectivity index (χ3v) is 4.66. The van der Waals surface area contributed by atoms with Gasteiger partial charge in [0.1, 0.15) is 5.82 Å². The van der Waals surface area contributed by atoms with Gasteiger partial charge in [0.15, 0.2) is 6.23 Å². The Bertz CT molecular complexity index is 537. The first-order chi connectivity index (χ1) is 10.2. The number of carbonyl (C=O) groups excluding carboxylic acids is 1. The number of cyclic esters (lactones) is 1. The van der Waals surface area contributed by atoms with Gasteiger partial charge < -0.3 is 9.64 Å². The predicted octanol–water partition coefficient (Wildman–Crippen LogP) is 1.88. The number of para-hydroxylation sites is 1. The summed E-state index contributed by atoms with van der Waals surface area (Å²) in [5.74, 6) is 1.65. The molecule has 1 aromatic carbocycles. The molecule has 0 aromatic heterocycles. The summed E-state index contributed by atoms with van der Waals surface area (Å²) in [7, 11) is 1.73. The maximum absolute atomic E-state index is 14.4. The van der Waals surface area contributed by atoms with Crippen LogP contribution in [0.15, 0.2) is 18.2 Å². The van der Waals surface area contributed by atoms with E-state index in [1.54, 1.807) is 19.2 Å². The van der Waals surface area contributed by atoms with Crippen molar-refractivity contribution in [2.45, 2.75) is 6.23 Å². The molecule has 3 rings (SSSR count). The van der Waals surface area contributed by atoms with E-state index in [0.717, 1.165) is 24.6 Å². The van der Waals surface area contributed by atoms with Gasteiger partial charge >= 0.3 is 6.09 Å². The number of hydrogen-bond donors (Lipinski definition) is 1. The number of anilines is 2. The SMILES string of the molecule is CN[C@@H]1CN(c2cccc(F)c2N2CCSCC2)C(=O)O1. The van der Waals surface area contributed by atoms with Crippen LogP contribution in [0.25, 0.3) is 0 Å². The smallest absolute Gasteiger partial charge is 0.416 e. The van der Waals surface area contributed by atoms with Crippen molar-refractivity contribution >= 4 is 29.2 Å². The summed E-state index contributed by atoms with van der Waals surface area (Å²) in [5, 5.41) is 2.91. The van der Waals surface area contributed by atoms with Crippen molar-refractivity contribution in [3.8, 4) is 0 Å². The van der Waals surface area contributed by atoms with Gasteiger partial charge in [-0.2, -0.15) is 11.8 Å². The van der Waals surface area contributed by atoms with Gasteiger partial charge in [0.25, 0.3) is 0 Å². The Hall–Kier alpha value is -1.47. The van der Waals surface area contributed by atoms with Gasteiger partial charge in [-0.05, 0) is 19.2 Å². The van der Waals surface area contributed by atoms with Gasteiger partial charge in [0.2, 0.25) is 0 Å². The molecule has 0 spiro atoms. The molecule has 2 fully saturated rings. The van der Waals surface area contributed by atoms with Gasteiger partial charge in [-0.1, -0.05) is 6.07 Å². The first kappa shape index (κ1) is 14.5. The Balaban J connectivity index is 1.95. The third-order valence-electron chi connectivity index (χ3n) is 3.72. The Morgan fingerprint density at radius 2 is 2.14 bits per heavy atom. The quantitative estimate of drug-likeness (QED) is 0.923. The molecule has 7 heteroatoms. The molecule has 1 amide bonds. The van der Waals surface area contributed by atoms with Crippen molar-refractivity contribution in [1.29, 1.82) is 0 Å². The first-order valence-corrected chi connectivity index (χ1v) is 8.13. The number of hydrogen-bond acceptors (Lipinski definition) is 5. The highest BCUT2D eigenvalue weighted by Crippen LogP contribution is 2.35. The fourth-order valence-corrected chi connectivity index (χ4v) is 3.53. The van der Waals surface area contributed by atoms with Crippen LogP contribution in [0.1, 0.15) is 0 Å². The molecule has 2 saturated heterocycles. The Morgan fingerprint density at radius 1 is 1.38 bits per heavy atom. The second kappa shape index (κ2) is 6.11. The predicted molar refractivity (Wildman–Crippen MR) is 82.6 cm³/mol. The van der Waals surface area contributed by atoms with Gasteiger partial charge in [0, 0.05) is 24.6 Å². The van der Waals surface area contributed by atoms with Gasteiger partial charge in [-0.25, -0.2) is 9.18 Å². The van der Waals surface area contributed by atoms with Crippen molar-refractivity contribution in [2.24, 2.45) is 0 Å². The highest BCUT2D eigenvalue weighted by atomic mass is 32.2. The summed E-state index contributed by atoms with van der Waals surface area (Å²) >= 11 is 1.86. The molecule has 1 atom stereocenters. The van der Waals surface area contributed by atoms with Crippen LogP contribution in [0.5, 0.6) is 0 Å². The van der Waals surface area contributed by atoms with Crippen LogP contribution in [-0.4, -0.2) is 50.5 Å². The average Bonchev–Trinajstić information content (AvgIpc) is 2.89. The molecule has 0 aliphatic carbocycles. The number of rotatable bonds is 3. The minimum atomic E-state index is -0.437. The zero-order chi connectivity index (χ0) is 14.8. The molecule has 2 aliphatic rings. The van der Waals surface area contributed by atoms with Crippen LogP contribution in [0.2, 0.25) is 0 Å². The van der Waals surface area contributed by atoms with E-state index in [4.69, 9.17) is 4.74 Å². The standard InChI is InChI=1S/C14H18FN3O2S/c1-16-12-9-18(14(19)20-12)11-4-2-3-10(15)13(11)17-5-7-21-8-6-17/h2-4,12,16H,5-9H2,1H3/t12-/m0/s1. The minimum Gasteiger partial charge on any atom is -0.428 e. The lowest BCUT2D eigenvalue weighted by atomic mass is 10.2. The molecule has 21 heavy (non-hydrogen) atoms. The molecule has 1 aromatic rings. The van der Waals surface area contributed by atoms with Crippen molar-refractivity contribution < 1.29 is 13.9 Å². The monoisotopic (exact) mass is 311 g/mol. The zero-order valence-electron chi connectivity index (χ0n) is 11.8. The number of amides is 1. The van der Waals surface area contributed by atoms with E-state index >= 15 is 0 Å². The fraction of sp³-hybridized carbons (Fsp3) is 0.500. The van der Waals surface area contributed by atoms with Crippen LogP contribution in [0.3, 0.4) is 0 Å². The second-order valence-electron chi connectivity index (χ2n) is 4.98. The normalized spacial score (nSPS) is 22.6. The maximum Gasteiger partial charge on any atom is 0.416 e. The van der Waals surface area contributed by atoms with E-state index < -0.39 is 6.09 Å². The molecule has 2 heterocycles. The lowest BCUT2D eigenvalue weighted by Crippen LogP contribution is -2.36. The molecule has 2 aliphatic heterocycles. The van der Waals surface area contributed by atoms with Gasteiger partial charge in [0.05, 0.1) is 17.9 Å². The fourth-order valence-electron chi connectivity index (χ4n) is 2.63. The number of ether oxygens (including phenoxy) is 1. The summed E-state index contributed by atoms with van der Waals surface area (Å²) in [4.78, 5) is 15.5. The summed E-state index contributed by atoms with van der Waals surface area (Å²) in [6.07, 6.45) is -0.793. The highest BCUT2D eigenvalue weighted by Gasteiger charge is 2.34. The molecular formula is C14H18FN3O2S. The summed E-state index contributed by atoms with van der Waals surface area (Å²) in [6, 6.07) is 4.85. The summed E-state index contributed by atoms with van der Waals surface area (Å²) in [5.41, 5.74) is 1.09. The van der Waals surface area contributed by atoms with E-state index in [-0.39, 0.29) is 12.0 Å². The van der Waals surface area contributed by atoms with Crippen molar-refractivity contribution in [2.75, 3.05) is 48.0 Å². The number of nitrogens with one attached hydrogen (secondary N) is 1. The van der Waals surface area contributed by atoms with E-state index in [1.807, 2.05) is 16.7 Å². The van der Waals surface area contributed by atoms with Gasteiger partial charge in [-0.15, -0.1) is 0 Å². The van der Waals surface area contributed by atoms with Crippen LogP contribution in [0.4, 0.5) is 20.6 Å². The van der Waals surface area contributed by atoms with Crippen LogP contribution in [-0.2, 0) is 4.74 Å². The number of benzene rings is 1. The molecule has 0 bridgehead atoms. The first-order valence-electron chi connectivity index (χ1n) is 6.97. The molecule has 1 N–H and O–H groups in total. The minimum absolute atomic E-state index is 0.292. The maximum atomic E-state index is 14.4. The Morgan fingerprint density at radius 3 is 2.81 bits per heavy atom. The molecular weight excluding hydrogens is 293 g/mol. The number of carbonyl (C=O) groups is 1. The van der Waals surface area contributed by atoms with Crippen molar-refractivity contribution in [3.63, 3.8) is 0 Å². The summed E-state index contributed by atoms with van der Waals surface area (Å²) < 4.78 is 19.5. The molecule has 0 saturated carbocycles. The molecule has 0 unspecified atom stereocenters. The van der Waals surface area contributed by atoms with E-state index in [2.05, 4.69) is 5.32 Å². The van der Waals surface area contributed by atoms with Gasteiger partial charge in [-0.3, -0.25) is 10.2 Å². The number of likely N-dealkylation sites (N-methyl/N-ethyl adjacent to an activating group) is 1. The molecule has 114 valence electrons. The van der Waals surface area contributed by atoms with E-state index in [0.29, 0.717) is 17.9 Å².